The minimum atomic E-state index is -3.90. The van der Waals surface area contributed by atoms with Crippen LogP contribution in [0.2, 0.25) is 0 Å². The van der Waals surface area contributed by atoms with E-state index in [9.17, 15) is 8.42 Å². The predicted molar refractivity (Wildman–Crippen MR) is 72.2 cm³/mol. The van der Waals surface area contributed by atoms with Gasteiger partial charge in [-0.3, -0.25) is 4.72 Å². The average molecular weight is 289 g/mol. The standard InChI is InChI=1S/C11H9N6O2S/c1-8-7-10(15-17-12)14-11(13-8)16-20(18,19)9-5-3-2-4-6-9/h2-7H,1H3/q-1. The minimum absolute atomic E-state index is 0.0158. The Labute approximate surface area is 115 Å². The summed E-state index contributed by atoms with van der Waals surface area (Å²) in [6.07, 6.45) is 0. The van der Waals surface area contributed by atoms with E-state index >= 15 is 0 Å². The Morgan fingerprint density at radius 1 is 1.25 bits per heavy atom. The van der Waals surface area contributed by atoms with Crippen molar-refractivity contribution in [1.82, 2.24) is 9.97 Å². The molecule has 0 unspecified atom stereocenters. The molecule has 0 fully saturated rings. The quantitative estimate of drug-likeness (QED) is 0.487. The molecule has 1 heterocycles. The maximum atomic E-state index is 12.0. The molecule has 1 aromatic heterocycles. The van der Waals surface area contributed by atoms with E-state index in [1.54, 1.807) is 25.1 Å². The molecule has 0 N–H and O–H groups in total. The molecule has 0 amide bonds. The van der Waals surface area contributed by atoms with Gasteiger partial charge >= 0.3 is 0 Å². The van der Waals surface area contributed by atoms with Crippen LogP contribution in [-0.2, 0) is 10.0 Å². The van der Waals surface area contributed by atoms with Crippen molar-refractivity contribution in [3.05, 3.63) is 57.3 Å². The number of nitrogens with zero attached hydrogens (tertiary/aromatic N) is 6. The van der Waals surface area contributed by atoms with Gasteiger partial charge in [0, 0.05) is 10.9 Å². The third kappa shape index (κ3) is 3.22. The molecule has 0 bridgehead atoms. The van der Waals surface area contributed by atoms with Gasteiger partial charge in [-0.05, 0) is 36.3 Å². The normalized spacial score (nSPS) is 10.7. The second kappa shape index (κ2) is 5.55. The second-order valence-electron chi connectivity index (χ2n) is 3.74. The van der Waals surface area contributed by atoms with Gasteiger partial charge in [0.25, 0.3) is 0 Å². The molecular weight excluding hydrogens is 280 g/mol. The molecule has 20 heavy (non-hydrogen) atoms. The summed E-state index contributed by atoms with van der Waals surface area (Å²) in [5.41, 5.74) is 8.81. The second-order valence-corrected chi connectivity index (χ2v) is 5.34. The highest BCUT2D eigenvalue weighted by molar-refractivity contribution is 7.94. The zero-order chi connectivity index (χ0) is 14.6. The van der Waals surface area contributed by atoms with E-state index in [1.807, 2.05) is 0 Å². The van der Waals surface area contributed by atoms with E-state index in [-0.39, 0.29) is 16.7 Å². The summed E-state index contributed by atoms with van der Waals surface area (Å²) in [6, 6.07) is 9.14. The van der Waals surface area contributed by atoms with Crippen molar-refractivity contribution in [2.24, 2.45) is 5.11 Å². The summed E-state index contributed by atoms with van der Waals surface area (Å²) in [7, 11) is -3.90. The smallest absolute Gasteiger partial charge is 0.229 e. The zero-order valence-corrected chi connectivity index (χ0v) is 11.2. The maximum Gasteiger partial charge on any atom is 0.229 e. The van der Waals surface area contributed by atoms with Crippen molar-refractivity contribution in [3.8, 4) is 0 Å². The first-order valence-electron chi connectivity index (χ1n) is 5.45. The fourth-order valence-corrected chi connectivity index (χ4v) is 2.33. The zero-order valence-electron chi connectivity index (χ0n) is 10.4. The van der Waals surface area contributed by atoms with Crippen molar-refractivity contribution >= 4 is 21.8 Å². The van der Waals surface area contributed by atoms with Crippen LogP contribution in [0.4, 0.5) is 11.8 Å². The SMILES string of the molecule is Cc1cc(N=[N+]=[N-])nc([N-]S(=O)(=O)c2ccccc2)n1. The predicted octanol–water partition coefficient (Wildman–Crippen LogP) is 3.12. The molecule has 9 heteroatoms. The Morgan fingerprint density at radius 3 is 2.60 bits per heavy atom. The fraction of sp³-hybridized carbons (Fsp3) is 0.0909. The summed E-state index contributed by atoms with van der Waals surface area (Å²) >= 11 is 0. The van der Waals surface area contributed by atoms with E-state index in [2.05, 4.69) is 24.7 Å². The molecule has 0 spiro atoms. The number of azide groups is 1. The summed E-state index contributed by atoms with van der Waals surface area (Å²) in [4.78, 5) is 10.3. The van der Waals surface area contributed by atoms with Crippen molar-refractivity contribution in [2.45, 2.75) is 11.8 Å². The van der Waals surface area contributed by atoms with E-state index in [0.29, 0.717) is 5.69 Å². The largest absolute Gasteiger partial charge is 0.363 e. The van der Waals surface area contributed by atoms with Gasteiger partial charge in [0.1, 0.15) is 0 Å². The lowest BCUT2D eigenvalue weighted by Gasteiger charge is -2.14. The summed E-state index contributed by atoms with van der Waals surface area (Å²) in [5, 5.41) is 3.31. The first-order chi connectivity index (χ1) is 9.51. The highest BCUT2D eigenvalue weighted by atomic mass is 32.2. The van der Waals surface area contributed by atoms with Gasteiger partial charge in [0.15, 0.2) is 0 Å². The number of aryl methyl sites for hydroxylation is 1. The lowest BCUT2D eigenvalue weighted by molar-refractivity contribution is 0.603. The number of rotatable bonds is 4. The molecule has 0 aliphatic heterocycles. The van der Waals surface area contributed by atoms with Gasteiger partial charge in [0.05, 0.1) is 10.7 Å². The number of hydrogen-bond acceptors (Lipinski definition) is 5. The first-order valence-corrected chi connectivity index (χ1v) is 6.89. The van der Waals surface area contributed by atoms with Crippen LogP contribution in [0.1, 0.15) is 5.69 Å². The number of sulfonamides is 1. The van der Waals surface area contributed by atoms with Crippen LogP contribution in [0.15, 0.2) is 46.4 Å². The van der Waals surface area contributed by atoms with Gasteiger partial charge in [-0.15, -0.1) is 0 Å². The Hall–Kier alpha value is -2.64. The monoisotopic (exact) mass is 289 g/mol. The lowest BCUT2D eigenvalue weighted by atomic mass is 10.4. The highest BCUT2D eigenvalue weighted by Gasteiger charge is 2.10. The Kier molecular flexibility index (Phi) is 3.83. The summed E-state index contributed by atoms with van der Waals surface area (Å²) in [6.45, 7) is 1.62. The third-order valence-electron chi connectivity index (χ3n) is 2.22. The molecule has 2 rings (SSSR count). The van der Waals surface area contributed by atoms with E-state index in [1.165, 1.54) is 18.2 Å². The van der Waals surface area contributed by atoms with Crippen LogP contribution in [0, 0.1) is 6.92 Å². The Balaban J connectivity index is 2.37. The average Bonchev–Trinajstić information content (AvgIpc) is 2.39. The molecule has 1 aromatic carbocycles. The molecule has 0 aliphatic rings. The van der Waals surface area contributed by atoms with Gasteiger partial charge in [-0.1, -0.05) is 23.3 Å². The van der Waals surface area contributed by atoms with Crippen molar-refractivity contribution in [3.63, 3.8) is 0 Å². The van der Waals surface area contributed by atoms with E-state index < -0.39 is 10.0 Å². The van der Waals surface area contributed by atoms with Crippen LogP contribution >= 0.6 is 0 Å². The number of aromatic nitrogens is 2. The lowest BCUT2D eigenvalue weighted by Crippen LogP contribution is -1.99. The number of benzene rings is 1. The fourth-order valence-electron chi connectivity index (χ4n) is 1.43. The molecule has 0 saturated heterocycles. The molecule has 0 saturated carbocycles. The minimum Gasteiger partial charge on any atom is -0.363 e. The maximum absolute atomic E-state index is 12.0. The summed E-state index contributed by atoms with van der Waals surface area (Å²) in [5.74, 6) is -0.252. The first kappa shape index (κ1) is 13.8. The molecule has 102 valence electrons. The molecule has 2 aromatic rings. The van der Waals surface area contributed by atoms with Crippen molar-refractivity contribution < 1.29 is 8.42 Å². The van der Waals surface area contributed by atoms with Crippen molar-refractivity contribution in [1.29, 1.82) is 0 Å². The van der Waals surface area contributed by atoms with Crippen LogP contribution in [0.5, 0.6) is 0 Å². The van der Waals surface area contributed by atoms with Crippen LogP contribution in [0.25, 0.3) is 15.2 Å². The topological polar surface area (TPSA) is 123 Å². The summed E-state index contributed by atoms with van der Waals surface area (Å²) < 4.78 is 27.6. The van der Waals surface area contributed by atoms with E-state index in [4.69, 9.17) is 5.53 Å². The van der Waals surface area contributed by atoms with E-state index in [0.717, 1.165) is 0 Å². The Bertz CT molecular complexity index is 769. The molecule has 0 aliphatic carbocycles. The molecular formula is C11H9N6O2S-. The Morgan fingerprint density at radius 2 is 1.95 bits per heavy atom. The van der Waals surface area contributed by atoms with Crippen LogP contribution in [-0.4, -0.2) is 18.4 Å². The molecule has 0 radical (unpaired) electrons. The third-order valence-corrected chi connectivity index (χ3v) is 3.49. The highest BCUT2D eigenvalue weighted by Crippen LogP contribution is 2.26. The van der Waals surface area contributed by atoms with Gasteiger partial charge in [0.2, 0.25) is 10.0 Å². The molecule has 8 nitrogen and oxygen atoms in total. The van der Waals surface area contributed by atoms with Gasteiger partial charge < -0.3 is 9.97 Å². The van der Waals surface area contributed by atoms with Gasteiger partial charge in [-0.2, -0.15) is 0 Å². The van der Waals surface area contributed by atoms with Crippen LogP contribution in [0.3, 0.4) is 0 Å². The van der Waals surface area contributed by atoms with Gasteiger partial charge in [-0.25, -0.2) is 8.42 Å². The molecule has 0 atom stereocenters. The number of hydrogen-bond donors (Lipinski definition) is 0. The van der Waals surface area contributed by atoms with Crippen molar-refractivity contribution in [2.75, 3.05) is 0 Å². The van der Waals surface area contributed by atoms with Crippen LogP contribution < -0.4 is 0 Å².